The van der Waals surface area contributed by atoms with Crippen LogP contribution in [-0.2, 0) is 4.74 Å². The highest BCUT2D eigenvalue weighted by atomic mass is 16.5. The maximum absolute atomic E-state index is 5.51. The van der Waals surface area contributed by atoms with Crippen molar-refractivity contribution in [1.29, 1.82) is 0 Å². The van der Waals surface area contributed by atoms with Gasteiger partial charge in [0, 0.05) is 18.1 Å². The second-order valence-electron chi connectivity index (χ2n) is 3.94. The summed E-state index contributed by atoms with van der Waals surface area (Å²) in [4.78, 5) is 0. The molecule has 0 aromatic carbocycles. The molecule has 2 nitrogen and oxygen atoms in total. The van der Waals surface area contributed by atoms with Crippen LogP contribution in [0.4, 0.5) is 0 Å². The molecule has 1 heterocycles. The van der Waals surface area contributed by atoms with Crippen LogP contribution in [0.1, 0.15) is 27.2 Å². The summed E-state index contributed by atoms with van der Waals surface area (Å²) in [5, 5.41) is 3.33. The summed E-state index contributed by atoms with van der Waals surface area (Å²) in [5.41, 5.74) is 0.218. The third-order valence-corrected chi connectivity index (χ3v) is 2.95. The molecule has 2 heteroatoms. The number of hydrogen-bond acceptors (Lipinski definition) is 2. The third kappa shape index (κ3) is 1.74. The van der Waals surface area contributed by atoms with Crippen molar-refractivity contribution in [2.75, 3.05) is 13.7 Å². The van der Waals surface area contributed by atoms with Crippen LogP contribution in [0.3, 0.4) is 0 Å². The number of hydrogen-bond donors (Lipinski definition) is 1. The Kier molecular flexibility index (Phi) is 2.55. The maximum atomic E-state index is 5.51. The minimum atomic E-state index is 0.218. The van der Waals surface area contributed by atoms with E-state index in [1.165, 1.54) is 6.42 Å². The molecule has 1 aliphatic heterocycles. The average molecular weight is 157 g/mol. The van der Waals surface area contributed by atoms with Gasteiger partial charge in [0.25, 0.3) is 0 Å². The molecule has 1 aliphatic rings. The molecule has 0 amide bonds. The predicted octanol–water partition coefficient (Wildman–Crippen LogP) is 1.41. The predicted molar refractivity (Wildman–Crippen MR) is 46.7 cm³/mol. The first-order valence-corrected chi connectivity index (χ1v) is 4.38. The Bertz CT molecular complexity index is 134. The highest BCUT2D eigenvalue weighted by Gasteiger charge is 2.36. The summed E-state index contributed by atoms with van der Waals surface area (Å²) in [6.07, 6.45) is 1.60. The molecule has 0 spiro atoms. The van der Waals surface area contributed by atoms with Crippen LogP contribution in [-0.4, -0.2) is 25.3 Å². The first kappa shape index (κ1) is 9.01. The van der Waals surface area contributed by atoms with Gasteiger partial charge in [-0.15, -0.1) is 0 Å². The Morgan fingerprint density at radius 2 is 2.09 bits per heavy atom. The monoisotopic (exact) mass is 157 g/mol. The lowest BCUT2D eigenvalue weighted by atomic mass is 9.83. The van der Waals surface area contributed by atoms with Crippen molar-refractivity contribution in [3.05, 3.63) is 0 Å². The van der Waals surface area contributed by atoms with Gasteiger partial charge in [0.15, 0.2) is 0 Å². The van der Waals surface area contributed by atoms with Gasteiger partial charge >= 0.3 is 0 Å². The lowest BCUT2D eigenvalue weighted by Gasteiger charge is -2.33. The van der Waals surface area contributed by atoms with Gasteiger partial charge in [-0.1, -0.05) is 0 Å². The zero-order chi connectivity index (χ0) is 8.48. The Balaban J connectivity index is 2.58. The largest absolute Gasteiger partial charge is 0.378 e. The lowest BCUT2D eigenvalue weighted by molar-refractivity contribution is 0.0821. The smallest absolute Gasteiger partial charge is 0.0593 e. The summed E-state index contributed by atoms with van der Waals surface area (Å²) in [7, 11) is 2.02. The summed E-state index contributed by atoms with van der Waals surface area (Å²) >= 11 is 0. The van der Waals surface area contributed by atoms with Crippen molar-refractivity contribution in [2.24, 2.45) is 5.92 Å². The molecule has 0 saturated carbocycles. The minimum absolute atomic E-state index is 0.218. The zero-order valence-electron chi connectivity index (χ0n) is 7.98. The van der Waals surface area contributed by atoms with Crippen LogP contribution in [0.5, 0.6) is 0 Å². The number of nitrogens with one attached hydrogen (secondary N) is 1. The molecule has 0 radical (unpaired) electrons. The molecule has 0 aromatic rings. The second kappa shape index (κ2) is 3.11. The van der Waals surface area contributed by atoms with Gasteiger partial charge in [-0.05, 0) is 34.2 Å². The van der Waals surface area contributed by atoms with E-state index in [-0.39, 0.29) is 5.54 Å². The standard InChI is InChI=1S/C9H19NO/c1-7-8(5-6-11-7)9(2,3)10-4/h7-8,10H,5-6H2,1-4H3. The van der Waals surface area contributed by atoms with E-state index in [1.807, 2.05) is 7.05 Å². The fourth-order valence-corrected chi connectivity index (χ4v) is 1.86. The summed E-state index contributed by atoms with van der Waals surface area (Å²) in [6.45, 7) is 7.57. The molecule has 1 rings (SSSR count). The van der Waals surface area contributed by atoms with E-state index in [2.05, 4.69) is 26.1 Å². The van der Waals surface area contributed by atoms with Gasteiger partial charge in [-0.3, -0.25) is 0 Å². The van der Waals surface area contributed by atoms with Crippen molar-refractivity contribution >= 4 is 0 Å². The van der Waals surface area contributed by atoms with Crippen LogP contribution >= 0.6 is 0 Å². The Morgan fingerprint density at radius 3 is 2.45 bits per heavy atom. The quantitative estimate of drug-likeness (QED) is 0.654. The first-order valence-electron chi connectivity index (χ1n) is 4.38. The fourth-order valence-electron chi connectivity index (χ4n) is 1.86. The van der Waals surface area contributed by atoms with Crippen LogP contribution in [0, 0.1) is 5.92 Å². The van der Waals surface area contributed by atoms with Crippen molar-refractivity contribution < 1.29 is 4.74 Å². The molecule has 0 aromatic heterocycles. The lowest BCUT2D eigenvalue weighted by Crippen LogP contribution is -2.46. The molecule has 1 saturated heterocycles. The molecule has 2 unspecified atom stereocenters. The molecule has 2 atom stereocenters. The van der Waals surface area contributed by atoms with Crippen molar-refractivity contribution in [1.82, 2.24) is 5.32 Å². The van der Waals surface area contributed by atoms with Gasteiger partial charge in [-0.2, -0.15) is 0 Å². The second-order valence-corrected chi connectivity index (χ2v) is 3.94. The third-order valence-electron chi connectivity index (χ3n) is 2.95. The minimum Gasteiger partial charge on any atom is -0.378 e. The van der Waals surface area contributed by atoms with Crippen LogP contribution < -0.4 is 5.32 Å². The molecular formula is C9H19NO. The van der Waals surface area contributed by atoms with Gasteiger partial charge in [0.05, 0.1) is 6.10 Å². The molecule has 1 N–H and O–H groups in total. The fraction of sp³-hybridized carbons (Fsp3) is 1.00. The highest BCUT2D eigenvalue weighted by Crippen LogP contribution is 2.30. The van der Waals surface area contributed by atoms with Crippen LogP contribution in [0.15, 0.2) is 0 Å². The van der Waals surface area contributed by atoms with E-state index < -0.39 is 0 Å². The SMILES string of the molecule is CNC(C)(C)C1CCOC1C. The normalized spacial score (nSPS) is 32.7. The van der Waals surface area contributed by atoms with Crippen LogP contribution in [0.2, 0.25) is 0 Å². The topological polar surface area (TPSA) is 21.3 Å². The summed E-state index contributed by atoms with van der Waals surface area (Å²) in [6, 6.07) is 0. The summed E-state index contributed by atoms with van der Waals surface area (Å²) in [5.74, 6) is 0.660. The van der Waals surface area contributed by atoms with Crippen molar-refractivity contribution in [3.8, 4) is 0 Å². The Labute approximate surface area is 69.3 Å². The van der Waals surface area contributed by atoms with Gasteiger partial charge in [0.2, 0.25) is 0 Å². The molecule has 1 fully saturated rings. The van der Waals surface area contributed by atoms with E-state index in [1.54, 1.807) is 0 Å². The van der Waals surface area contributed by atoms with E-state index >= 15 is 0 Å². The first-order chi connectivity index (χ1) is 5.08. The molecule has 0 bridgehead atoms. The van der Waals surface area contributed by atoms with E-state index in [0.717, 1.165) is 6.61 Å². The Hall–Kier alpha value is -0.0800. The van der Waals surface area contributed by atoms with Crippen molar-refractivity contribution in [3.63, 3.8) is 0 Å². The van der Waals surface area contributed by atoms with E-state index in [9.17, 15) is 0 Å². The van der Waals surface area contributed by atoms with E-state index in [4.69, 9.17) is 4.74 Å². The molecule has 66 valence electrons. The Morgan fingerprint density at radius 1 is 1.45 bits per heavy atom. The number of rotatable bonds is 2. The average Bonchev–Trinajstić information content (AvgIpc) is 2.36. The zero-order valence-corrected chi connectivity index (χ0v) is 7.98. The molecule has 0 aliphatic carbocycles. The molecule has 11 heavy (non-hydrogen) atoms. The van der Waals surface area contributed by atoms with Gasteiger partial charge in [0.1, 0.15) is 0 Å². The van der Waals surface area contributed by atoms with E-state index in [0.29, 0.717) is 12.0 Å². The maximum Gasteiger partial charge on any atom is 0.0593 e. The van der Waals surface area contributed by atoms with Gasteiger partial charge < -0.3 is 10.1 Å². The van der Waals surface area contributed by atoms with Crippen LogP contribution in [0.25, 0.3) is 0 Å². The summed E-state index contributed by atoms with van der Waals surface area (Å²) < 4.78 is 5.51. The van der Waals surface area contributed by atoms with Gasteiger partial charge in [-0.25, -0.2) is 0 Å². The van der Waals surface area contributed by atoms with Crippen molar-refractivity contribution in [2.45, 2.75) is 38.8 Å². The highest BCUT2D eigenvalue weighted by molar-refractivity contribution is 4.90. The molecular weight excluding hydrogens is 138 g/mol. The number of ether oxygens (including phenoxy) is 1.